The molecule has 0 atom stereocenters. The van der Waals surface area contributed by atoms with E-state index in [2.05, 4.69) is 6.92 Å². The third-order valence-electron chi connectivity index (χ3n) is 4.05. The molecule has 1 aromatic rings. The molecule has 0 radical (unpaired) electrons. The molecular weight excluding hydrogens is 342 g/mol. The van der Waals surface area contributed by atoms with Crippen LogP contribution in [0.25, 0.3) is 0 Å². The molecular formula is C22H29NO4. The Morgan fingerprint density at radius 1 is 0.889 bits per heavy atom. The van der Waals surface area contributed by atoms with Crippen LogP contribution in [0.5, 0.6) is 5.75 Å². The van der Waals surface area contributed by atoms with Crippen molar-refractivity contribution >= 4 is 11.9 Å². The van der Waals surface area contributed by atoms with Gasteiger partial charge < -0.3 is 9.47 Å². The maximum Gasteiger partial charge on any atom is 0.336 e. The van der Waals surface area contributed by atoms with E-state index in [1.165, 1.54) is 50.7 Å². The molecule has 0 unspecified atom stereocenters. The van der Waals surface area contributed by atoms with E-state index in [1.807, 2.05) is 6.07 Å². The zero-order valence-corrected chi connectivity index (χ0v) is 16.1. The third-order valence-corrected chi connectivity index (χ3v) is 4.05. The molecule has 0 aromatic heterocycles. The number of nitrogens with zero attached hydrogens (tertiary/aromatic N) is 1. The lowest BCUT2D eigenvalue weighted by atomic mass is 10.1. The van der Waals surface area contributed by atoms with Crippen molar-refractivity contribution in [3.05, 3.63) is 42.0 Å². The number of nitriles is 1. The smallest absolute Gasteiger partial charge is 0.336 e. The highest BCUT2D eigenvalue weighted by molar-refractivity contribution is 5.92. The molecule has 0 spiro atoms. The van der Waals surface area contributed by atoms with E-state index in [9.17, 15) is 9.59 Å². The predicted octanol–water partition coefficient (Wildman–Crippen LogP) is 5.09. The lowest BCUT2D eigenvalue weighted by Crippen LogP contribution is -2.07. The van der Waals surface area contributed by atoms with Crippen LogP contribution in [0.2, 0.25) is 0 Å². The van der Waals surface area contributed by atoms with Gasteiger partial charge in [0.2, 0.25) is 0 Å². The van der Waals surface area contributed by atoms with Crippen LogP contribution in [-0.4, -0.2) is 18.5 Å². The Hall–Kier alpha value is -2.61. The molecule has 0 heterocycles. The van der Waals surface area contributed by atoms with Crippen molar-refractivity contribution in [2.45, 2.75) is 64.7 Å². The lowest BCUT2D eigenvalue weighted by molar-refractivity contribution is -0.138. The van der Waals surface area contributed by atoms with Crippen molar-refractivity contribution in [1.29, 1.82) is 5.26 Å². The first-order chi connectivity index (χ1) is 13.2. The van der Waals surface area contributed by atoms with Crippen LogP contribution in [0.3, 0.4) is 0 Å². The Morgan fingerprint density at radius 3 is 2.04 bits per heavy atom. The van der Waals surface area contributed by atoms with E-state index >= 15 is 0 Å². The highest BCUT2D eigenvalue weighted by Crippen LogP contribution is 2.12. The molecule has 0 N–H and O–H groups in total. The zero-order valence-electron chi connectivity index (χ0n) is 16.1. The quantitative estimate of drug-likeness (QED) is 0.209. The second-order valence-electron chi connectivity index (χ2n) is 6.39. The van der Waals surface area contributed by atoms with Crippen LogP contribution in [0, 0.1) is 11.3 Å². The monoisotopic (exact) mass is 371 g/mol. The van der Waals surface area contributed by atoms with Gasteiger partial charge in [-0.25, -0.2) is 9.59 Å². The van der Waals surface area contributed by atoms with E-state index in [0.717, 1.165) is 31.4 Å². The van der Waals surface area contributed by atoms with Crippen molar-refractivity contribution in [3.63, 3.8) is 0 Å². The minimum Gasteiger partial charge on any atom is -0.463 e. The van der Waals surface area contributed by atoms with Gasteiger partial charge in [-0.15, -0.1) is 0 Å². The van der Waals surface area contributed by atoms with Gasteiger partial charge in [0.15, 0.2) is 0 Å². The summed E-state index contributed by atoms with van der Waals surface area (Å²) in [5.41, 5.74) is 0.477. The third kappa shape index (κ3) is 11.6. The van der Waals surface area contributed by atoms with E-state index in [0.29, 0.717) is 17.9 Å². The van der Waals surface area contributed by atoms with E-state index in [1.54, 1.807) is 12.1 Å². The summed E-state index contributed by atoms with van der Waals surface area (Å²) in [4.78, 5) is 23.2. The van der Waals surface area contributed by atoms with E-state index in [4.69, 9.17) is 14.7 Å². The molecule has 0 aliphatic rings. The zero-order chi connectivity index (χ0) is 19.7. The number of hydrogen-bond donors (Lipinski definition) is 0. The minimum atomic E-state index is -0.667. The van der Waals surface area contributed by atoms with Crippen LogP contribution < -0.4 is 4.74 Å². The Bertz CT molecular complexity index is 629. The highest BCUT2D eigenvalue weighted by atomic mass is 16.5. The number of esters is 2. The Labute approximate surface area is 162 Å². The van der Waals surface area contributed by atoms with Crippen LogP contribution >= 0.6 is 0 Å². The van der Waals surface area contributed by atoms with Gasteiger partial charge in [0.05, 0.1) is 18.2 Å². The molecule has 146 valence electrons. The maximum absolute atomic E-state index is 11.6. The van der Waals surface area contributed by atoms with Crippen molar-refractivity contribution < 1.29 is 19.1 Å². The minimum absolute atomic E-state index is 0.312. The number of rotatable bonds is 13. The predicted molar refractivity (Wildman–Crippen MR) is 104 cm³/mol. The average Bonchev–Trinajstić information content (AvgIpc) is 2.68. The van der Waals surface area contributed by atoms with Crippen LogP contribution in [0.15, 0.2) is 36.4 Å². The fourth-order valence-electron chi connectivity index (χ4n) is 2.52. The van der Waals surface area contributed by atoms with E-state index < -0.39 is 11.9 Å². The summed E-state index contributed by atoms with van der Waals surface area (Å²) in [7, 11) is 0. The summed E-state index contributed by atoms with van der Waals surface area (Å²) in [5.74, 6) is -0.905. The van der Waals surface area contributed by atoms with Gasteiger partial charge in [0.1, 0.15) is 5.75 Å². The second-order valence-corrected chi connectivity index (χ2v) is 6.39. The second kappa shape index (κ2) is 14.5. The molecule has 0 bridgehead atoms. The van der Waals surface area contributed by atoms with Gasteiger partial charge in [0.25, 0.3) is 0 Å². The molecule has 0 saturated carbocycles. The van der Waals surface area contributed by atoms with Crippen LogP contribution in [-0.2, 0) is 14.3 Å². The molecule has 0 aliphatic carbocycles. The Balaban J connectivity index is 2.08. The first-order valence-corrected chi connectivity index (χ1v) is 9.72. The first kappa shape index (κ1) is 22.4. The summed E-state index contributed by atoms with van der Waals surface area (Å²) in [6.45, 7) is 2.58. The molecule has 0 fully saturated rings. The van der Waals surface area contributed by atoms with Gasteiger partial charge >= 0.3 is 11.9 Å². The summed E-state index contributed by atoms with van der Waals surface area (Å²) in [5, 5.41) is 8.71. The number of carbonyl (C=O) groups is 2. The molecule has 0 aliphatic heterocycles. The number of hydrogen-bond acceptors (Lipinski definition) is 5. The van der Waals surface area contributed by atoms with Crippen molar-refractivity contribution in [3.8, 4) is 11.8 Å². The Morgan fingerprint density at radius 2 is 1.44 bits per heavy atom. The average molecular weight is 371 g/mol. The molecule has 1 rings (SSSR count). The van der Waals surface area contributed by atoms with E-state index in [-0.39, 0.29) is 0 Å². The van der Waals surface area contributed by atoms with Crippen molar-refractivity contribution in [2.75, 3.05) is 6.61 Å². The fourth-order valence-corrected chi connectivity index (χ4v) is 2.52. The lowest BCUT2D eigenvalue weighted by Gasteiger charge is -2.03. The number of unbranched alkanes of at least 4 members (excludes halogenated alkanes) is 8. The number of benzene rings is 1. The molecule has 1 aromatic carbocycles. The molecule has 0 amide bonds. The van der Waals surface area contributed by atoms with Gasteiger partial charge in [-0.05, 0) is 30.7 Å². The molecule has 5 nitrogen and oxygen atoms in total. The topological polar surface area (TPSA) is 76.4 Å². The maximum atomic E-state index is 11.6. The molecule has 0 saturated heterocycles. The van der Waals surface area contributed by atoms with Gasteiger partial charge in [0, 0.05) is 12.2 Å². The van der Waals surface area contributed by atoms with Crippen LogP contribution in [0.4, 0.5) is 0 Å². The van der Waals surface area contributed by atoms with Crippen molar-refractivity contribution in [2.24, 2.45) is 0 Å². The SMILES string of the molecule is CCCCCCCCCCCOC(=O)/C=C/C(=O)Oc1ccc(C#N)cc1. The summed E-state index contributed by atoms with van der Waals surface area (Å²) in [6, 6.07) is 8.11. The standard InChI is InChI=1S/C22H29NO4/c1-2-3-4-5-6-7-8-9-10-17-26-21(24)15-16-22(25)27-20-13-11-19(18-23)12-14-20/h11-16H,2-10,17H2,1H3/b16-15+. The summed E-state index contributed by atoms with van der Waals surface area (Å²) >= 11 is 0. The summed E-state index contributed by atoms with van der Waals surface area (Å²) < 4.78 is 10.1. The number of ether oxygens (including phenoxy) is 2. The molecule has 5 heteroatoms. The van der Waals surface area contributed by atoms with Gasteiger partial charge in [-0.3, -0.25) is 0 Å². The normalized spacial score (nSPS) is 10.5. The largest absolute Gasteiger partial charge is 0.463 e. The first-order valence-electron chi connectivity index (χ1n) is 9.72. The Kier molecular flexibility index (Phi) is 12.1. The summed E-state index contributed by atoms with van der Waals surface area (Å²) in [6.07, 6.45) is 12.9. The fraction of sp³-hybridized carbons (Fsp3) is 0.500. The van der Waals surface area contributed by atoms with Gasteiger partial charge in [-0.2, -0.15) is 5.26 Å². The van der Waals surface area contributed by atoms with Crippen LogP contribution in [0.1, 0.15) is 70.3 Å². The van der Waals surface area contributed by atoms with Crippen molar-refractivity contribution in [1.82, 2.24) is 0 Å². The molecule has 27 heavy (non-hydrogen) atoms. The van der Waals surface area contributed by atoms with Gasteiger partial charge in [-0.1, -0.05) is 58.3 Å². The number of carbonyl (C=O) groups excluding carboxylic acids is 2. The highest BCUT2D eigenvalue weighted by Gasteiger charge is 2.03.